The van der Waals surface area contributed by atoms with Crippen LogP contribution in [0.15, 0.2) is 36.7 Å². The lowest BCUT2D eigenvalue weighted by Crippen LogP contribution is -2.11. The van der Waals surface area contributed by atoms with Gasteiger partial charge in [-0.05, 0) is 30.7 Å². The van der Waals surface area contributed by atoms with Gasteiger partial charge >= 0.3 is 5.97 Å². The van der Waals surface area contributed by atoms with Crippen LogP contribution in [0.1, 0.15) is 40.5 Å². The fourth-order valence-corrected chi connectivity index (χ4v) is 1.82. The summed E-state index contributed by atoms with van der Waals surface area (Å²) in [7, 11) is 1.75. The van der Waals surface area contributed by atoms with E-state index in [2.05, 4.69) is 10.4 Å². The molecule has 1 aromatic carbocycles. The van der Waals surface area contributed by atoms with Crippen LogP contribution in [0.2, 0.25) is 0 Å². The zero-order valence-electron chi connectivity index (χ0n) is 12.7. The van der Waals surface area contributed by atoms with E-state index in [0.717, 1.165) is 12.8 Å². The Morgan fingerprint density at radius 2 is 1.95 bits per heavy atom. The van der Waals surface area contributed by atoms with E-state index in [9.17, 15) is 9.59 Å². The molecule has 0 spiro atoms. The highest BCUT2D eigenvalue weighted by atomic mass is 16.5. The molecule has 2 rings (SSSR count). The molecule has 22 heavy (non-hydrogen) atoms. The monoisotopic (exact) mass is 301 g/mol. The summed E-state index contributed by atoms with van der Waals surface area (Å²) in [4.78, 5) is 23.7. The third-order valence-corrected chi connectivity index (χ3v) is 3.08. The van der Waals surface area contributed by atoms with E-state index in [0.29, 0.717) is 23.4 Å². The van der Waals surface area contributed by atoms with Crippen molar-refractivity contribution in [3.05, 3.63) is 47.8 Å². The first-order valence-corrected chi connectivity index (χ1v) is 7.17. The number of unbranched alkanes of at least 4 members (excludes halogenated alkanes) is 1. The number of hydrogen-bond acceptors (Lipinski definition) is 4. The number of rotatable bonds is 6. The molecule has 1 aromatic heterocycles. The fourth-order valence-electron chi connectivity index (χ4n) is 1.82. The molecule has 6 nitrogen and oxygen atoms in total. The molecule has 6 heteroatoms. The van der Waals surface area contributed by atoms with Gasteiger partial charge in [0.05, 0.1) is 23.9 Å². The van der Waals surface area contributed by atoms with Crippen molar-refractivity contribution in [2.75, 3.05) is 11.9 Å². The number of anilines is 1. The molecule has 0 saturated carbocycles. The Kier molecular flexibility index (Phi) is 5.30. The van der Waals surface area contributed by atoms with Crippen LogP contribution in [-0.2, 0) is 11.8 Å². The Balaban J connectivity index is 1.94. The highest BCUT2D eigenvalue weighted by Crippen LogP contribution is 2.12. The summed E-state index contributed by atoms with van der Waals surface area (Å²) in [6.45, 7) is 2.46. The zero-order valence-corrected chi connectivity index (χ0v) is 12.7. The van der Waals surface area contributed by atoms with Crippen LogP contribution < -0.4 is 5.32 Å². The van der Waals surface area contributed by atoms with Crippen molar-refractivity contribution in [3.63, 3.8) is 0 Å². The average molecular weight is 301 g/mol. The number of aromatic nitrogens is 2. The third-order valence-electron chi connectivity index (χ3n) is 3.08. The Morgan fingerprint density at radius 3 is 2.55 bits per heavy atom. The van der Waals surface area contributed by atoms with Crippen molar-refractivity contribution < 1.29 is 14.3 Å². The van der Waals surface area contributed by atoms with Crippen LogP contribution in [-0.4, -0.2) is 28.3 Å². The van der Waals surface area contributed by atoms with E-state index >= 15 is 0 Å². The predicted octanol–water partition coefficient (Wildman–Crippen LogP) is 2.63. The standard InChI is InChI=1S/C16H19N3O3/c1-3-4-9-22-16(21)12-5-7-14(8-6-12)18-15(20)13-10-17-19(2)11-13/h5-8,10-11H,3-4,9H2,1-2H3,(H,18,20). The van der Waals surface area contributed by atoms with Crippen LogP contribution in [0.3, 0.4) is 0 Å². The van der Waals surface area contributed by atoms with Crippen LogP contribution in [0, 0.1) is 0 Å². The number of aryl methyl sites for hydroxylation is 1. The molecule has 0 unspecified atom stereocenters. The topological polar surface area (TPSA) is 73.2 Å². The number of hydrogen-bond donors (Lipinski definition) is 1. The van der Waals surface area contributed by atoms with E-state index in [-0.39, 0.29) is 11.9 Å². The van der Waals surface area contributed by atoms with Gasteiger partial charge in [0.25, 0.3) is 5.91 Å². The Bertz CT molecular complexity index is 647. The highest BCUT2D eigenvalue weighted by Gasteiger charge is 2.10. The number of nitrogens with zero attached hydrogens (tertiary/aromatic N) is 2. The molecule has 0 radical (unpaired) electrons. The van der Waals surface area contributed by atoms with Gasteiger partial charge in [-0.25, -0.2) is 4.79 Å². The van der Waals surface area contributed by atoms with E-state index in [1.807, 2.05) is 6.92 Å². The van der Waals surface area contributed by atoms with Gasteiger partial charge in [-0.1, -0.05) is 13.3 Å². The quantitative estimate of drug-likeness (QED) is 0.657. The van der Waals surface area contributed by atoms with Crippen molar-refractivity contribution in [2.45, 2.75) is 19.8 Å². The highest BCUT2D eigenvalue weighted by molar-refractivity contribution is 6.04. The first-order chi connectivity index (χ1) is 10.6. The lowest BCUT2D eigenvalue weighted by molar-refractivity contribution is 0.0499. The first kappa shape index (κ1) is 15.8. The Hall–Kier alpha value is -2.63. The number of ether oxygens (including phenoxy) is 1. The number of carbonyl (C=O) groups is 2. The fraction of sp³-hybridized carbons (Fsp3) is 0.312. The summed E-state index contributed by atoms with van der Waals surface area (Å²) in [5, 5.41) is 6.69. The lowest BCUT2D eigenvalue weighted by atomic mass is 10.2. The minimum atomic E-state index is -0.349. The van der Waals surface area contributed by atoms with E-state index in [4.69, 9.17) is 4.74 Å². The summed E-state index contributed by atoms with van der Waals surface area (Å²) >= 11 is 0. The predicted molar refractivity (Wildman–Crippen MR) is 82.8 cm³/mol. The summed E-state index contributed by atoms with van der Waals surface area (Å²) in [5.41, 5.74) is 1.56. The maximum atomic E-state index is 12.0. The molecule has 0 aliphatic rings. The summed E-state index contributed by atoms with van der Waals surface area (Å²) in [6, 6.07) is 6.61. The molecule has 0 saturated heterocycles. The van der Waals surface area contributed by atoms with Crippen LogP contribution in [0.4, 0.5) is 5.69 Å². The summed E-state index contributed by atoms with van der Waals surface area (Å²) in [6.07, 6.45) is 4.96. The van der Waals surface area contributed by atoms with Crippen LogP contribution >= 0.6 is 0 Å². The number of nitrogens with one attached hydrogen (secondary N) is 1. The largest absolute Gasteiger partial charge is 0.462 e. The molecule has 116 valence electrons. The summed E-state index contributed by atoms with van der Waals surface area (Å²) < 4.78 is 6.68. The Morgan fingerprint density at radius 1 is 1.23 bits per heavy atom. The molecule has 0 aliphatic carbocycles. The normalized spacial score (nSPS) is 10.3. The molecule has 0 bridgehead atoms. The maximum Gasteiger partial charge on any atom is 0.338 e. The van der Waals surface area contributed by atoms with E-state index in [1.54, 1.807) is 42.2 Å². The number of carbonyl (C=O) groups excluding carboxylic acids is 2. The van der Waals surface area contributed by atoms with Gasteiger partial charge in [0.2, 0.25) is 0 Å². The lowest BCUT2D eigenvalue weighted by Gasteiger charge is -2.06. The van der Waals surface area contributed by atoms with Crippen molar-refractivity contribution in [2.24, 2.45) is 7.05 Å². The zero-order chi connectivity index (χ0) is 15.9. The molecular formula is C16H19N3O3. The van der Waals surface area contributed by atoms with Gasteiger partial charge in [0.15, 0.2) is 0 Å². The van der Waals surface area contributed by atoms with Crippen molar-refractivity contribution >= 4 is 17.6 Å². The molecule has 0 aliphatic heterocycles. The molecule has 0 atom stereocenters. The molecule has 1 N–H and O–H groups in total. The van der Waals surface area contributed by atoms with Crippen LogP contribution in [0.5, 0.6) is 0 Å². The van der Waals surface area contributed by atoms with Gasteiger partial charge in [-0.15, -0.1) is 0 Å². The second-order valence-electron chi connectivity index (χ2n) is 4.92. The second-order valence-corrected chi connectivity index (χ2v) is 4.92. The third kappa shape index (κ3) is 4.18. The van der Waals surface area contributed by atoms with Gasteiger partial charge in [0, 0.05) is 18.9 Å². The smallest absolute Gasteiger partial charge is 0.338 e. The molecule has 0 fully saturated rings. The Labute approximate surface area is 129 Å². The van der Waals surface area contributed by atoms with Crippen molar-refractivity contribution in [3.8, 4) is 0 Å². The summed E-state index contributed by atoms with van der Waals surface area (Å²) in [5.74, 6) is -0.593. The van der Waals surface area contributed by atoms with Crippen LogP contribution in [0.25, 0.3) is 0 Å². The number of benzene rings is 1. The van der Waals surface area contributed by atoms with Gasteiger partial charge in [-0.3, -0.25) is 9.48 Å². The second kappa shape index (κ2) is 7.40. The van der Waals surface area contributed by atoms with Gasteiger partial charge in [0.1, 0.15) is 0 Å². The van der Waals surface area contributed by atoms with Gasteiger partial charge < -0.3 is 10.1 Å². The minimum absolute atomic E-state index is 0.244. The first-order valence-electron chi connectivity index (χ1n) is 7.17. The molecule has 2 aromatic rings. The van der Waals surface area contributed by atoms with Gasteiger partial charge in [-0.2, -0.15) is 5.10 Å². The van der Waals surface area contributed by atoms with E-state index in [1.165, 1.54) is 6.20 Å². The van der Waals surface area contributed by atoms with Crippen molar-refractivity contribution in [1.29, 1.82) is 0 Å². The maximum absolute atomic E-state index is 12.0. The number of amides is 1. The molecule has 1 amide bonds. The van der Waals surface area contributed by atoms with E-state index < -0.39 is 0 Å². The number of esters is 1. The minimum Gasteiger partial charge on any atom is -0.462 e. The van der Waals surface area contributed by atoms with Crippen molar-refractivity contribution in [1.82, 2.24) is 9.78 Å². The SMILES string of the molecule is CCCCOC(=O)c1ccc(NC(=O)c2cnn(C)c2)cc1. The average Bonchev–Trinajstić information content (AvgIpc) is 2.95. The molecular weight excluding hydrogens is 282 g/mol. The molecule has 1 heterocycles.